The number of rotatable bonds is 2. The quantitative estimate of drug-likeness (QED) is 0.802. The van der Waals surface area contributed by atoms with Gasteiger partial charge in [0.2, 0.25) is 11.7 Å². The van der Waals surface area contributed by atoms with Crippen molar-refractivity contribution in [1.82, 2.24) is 10.1 Å². The largest absolute Gasteiger partial charge is 0.339 e. The average molecular weight is 356 g/mol. The van der Waals surface area contributed by atoms with Crippen LogP contribution < -0.4 is 0 Å². The van der Waals surface area contributed by atoms with Gasteiger partial charge in [0.25, 0.3) is 0 Å². The van der Waals surface area contributed by atoms with Gasteiger partial charge in [0.05, 0.1) is 5.02 Å². The number of ketones is 1. The molecule has 1 aliphatic rings. The van der Waals surface area contributed by atoms with Gasteiger partial charge in [0.15, 0.2) is 0 Å². The number of Topliss-reactive ketones (excluding diaryl/α,β-unsaturated/α-hetero) is 1. The van der Waals surface area contributed by atoms with Crippen LogP contribution in [-0.4, -0.2) is 15.9 Å². The summed E-state index contributed by atoms with van der Waals surface area (Å²) in [5.41, 5.74) is 0.850. The Hall–Kier alpha value is -1.20. The molecule has 104 valence electrons. The second-order valence-corrected chi connectivity index (χ2v) is 6.16. The Morgan fingerprint density at radius 1 is 1.30 bits per heavy atom. The highest BCUT2D eigenvalue weighted by Crippen LogP contribution is 2.32. The van der Waals surface area contributed by atoms with Gasteiger partial charge in [0.1, 0.15) is 5.78 Å². The molecule has 20 heavy (non-hydrogen) atoms. The highest BCUT2D eigenvalue weighted by atomic mass is 79.9. The van der Waals surface area contributed by atoms with Crippen molar-refractivity contribution in [3.8, 4) is 11.4 Å². The van der Waals surface area contributed by atoms with Gasteiger partial charge in [-0.05, 0) is 47.0 Å². The summed E-state index contributed by atoms with van der Waals surface area (Å²) in [4.78, 5) is 15.7. The molecule has 0 bridgehead atoms. The van der Waals surface area contributed by atoms with Crippen LogP contribution in [0.1, 0.15) is 37.5 Å². The van der Waals surface area contributed by atoms with E-state index in [2.05, 4.69) is 26.1 Å². The number of nitrogens with zero attached hydrogens (tertiary/aromatic N) is 2. The summed E-state index contributed by atoms with van der Waals surface area (Å²) in [6.45, 7) is 0. The van der Waals surface area contributed by atoms with Crippen LogP contribution in [0.2, 0.25) is 5.02 Å². The third-order valence-corrected chi connectivity index (χ3v) is 4.73. The highest BCUT2D eigenvalue weighted by Gasteiger charge is 2.25. The summed E-state index contributed by atoms with van der Waals surface area (Å²) in [6.07, 6.45) is 2.80. The van der Waals surface area contributed by atoms with Crippen LogP contribution >= 0.6 is 27.5 Å². The molecule has 1 fully saturated rings. The van der Waals surface area contributed by atoms with E-state index in [4.69, 9.17) is 16.1 Å². The zero-order valence-corrected chi connectivity index (χ0v) is 12.9. The number of carbonyl (C=O) groups excluding carboxylic acids is 1. The Kier molecular flexibility index (Phi) is 3.89. The maximum Gasteiger partial charge on any atom is 0.230 e. The number of hydrogen-bond acceptors (Lipinski definition) is 4. The summed E-state index contributed by atoms with van der Waals surface area (Å²) >= 11 is 9.34. The van der Waals surface area contributed by atoms with E-state index >= 15 is 0 Å². The van der Waals surface area contributed by atoms with Crippen LogP contribution in [0.5, 0.6) is 0 Å². The predicted molar refractivity (Wildman–Crippen MR) is 78.7 cm³/mol. The molecule has 4 nitrogen and oxygen atoms in total. The van der Waals surface area contributed by atoms with Crippen molar-refractivity contribution in [2.24, 2.45) is 0 Å². The Morgan fingerprint density at radius 3 is 2.75 bits per heavy atom. The van der Waals surface area contributed by atoms with Gasteiger partial charge in [-0.2, -0.15) is 4.98 Å². The van der Waals surface area contributed by atoms with Crippen LogP contribution in [0.4, 0.5) is 0 Å². The summed E-state index contributed by atoms with van der Waals surface area (Å²) < 4.78 is 6.14. The van der Waals surface area contributed by atoms with E-state index in [-0.39, 0.29) is 5.92 Å². The maximum absolute atomic E-state index is 11.3. The molecule has 6 heteroatoms. The van der Waals surface area contributed by atoms with E-state index in [1.54, 1.807) is 6.07 Å². The third kappa shape index (κ3) is 2.79. The predicted octanol–water partition coefficient (Wildman–Crippen LogP) is 4.38. The summed E-state index contributed by atoms with van der Waals surface area (Å²) in [7, 11) is 0. The smallest absolute Gasteiger partial charge is 0.230 e. The minimum absolute atomic E-state index is 0.199. The van der Waals surface area contributed by atoms with Gasteiger partial charge in [-0.15, -0.1) is 0 Å². The fourth-order valence-corrected chi connectivity index (χ4v) is 2.84. The van der Waals surface area contributed by atoms with Crippen molar-refractivity contribution in [3.05, 3.63) is 33.6 Å². The number of aromatic nitrogens is 2. The summed E-state index contributed by atoms with van der Waals surface area (Å²) in [5.74, 6) is 1.69. The molecule has 1 aliphatic carbocycles. The molecule has 1 aromatic heterocycles. The van der Waals surface area contributed by atoms with E-state index in [1.165, 1.54) is 0 Å². The molecule has 0 radical (unpaired) electrons. The SMILES string of the molecule is O=C1CCC(c2nc(-c3ccc(Cl)c(Br)c3)no2)CC1. The molecule has 1 aromatic carbocycles. The second kappa shape index (κ2) is 5.66. The molecule has 2 aromatic rings. The van der Waals surface area contributed by atoms with E-state index in [1.807, 2.05) is 12.1 Å². The molecular formula is C14H12BrClN2O2. The fourth-order valence-electron chi connectivity index (χ4n) is 2.34. The summed E-state index contributed by atoms with van der Waals surface area (Å²) in [6, 6.07) is 5.50. The first-order valence-corrected chi connectivity index (χ1v) is 7.61. The molecule has 0 atom stereocenters. The number of carbonyl (C=O) groups is 1. The maximum atomic E-state index is 11.3. The second-order valence-electron chi connectivity index (χ2n) is 4.90. The Balaban J connectivity index is 1.82. The first-order valence-electron chi connectivity index (χ1n) is 6.44. The highest BCUT2D eigenvalue weighted by molar-refractivity contribution is 9.10. The number of hydrogen-bond donors (Lipinski definition) is 0. The third-order valence-electron chi connectivity index (χ3n) is 3.51. The van der Waals surface area contributed by atoms with Gasteiger partial charge in [-0.1, -0.05) is 16.8 Å². The molecule has 0 amide bonds. The van der Waals surface area contributed by atoms with Crippen LogP contribution in [0.25, 0.3) is 11.4 Å². The van der Waals surface area contributed by atoms with Crippen molar-refractivity contribution in [1.29, 1.82) is 0 Å². The molecule has 0 spiro atoms. The first kappa shape index (κ1) is 13.8. The lowest BCUT2D eigenvalue weighted by Crippen LogP contribution is -2.12. The van der Waals surface area contributed by atoms with Gasteiger partial charge in [-0.3, -0.25) is 4.79 Å². The standard InChI is InChI=1S/C14H12BrClN2O2/c15-11-7-9(3-6-12(11)16)13-17-14(20-18-13)8-1-4-10(19)5-2-8/h3,6-8H,1-2,4-5H2. The minimum Gasteiger partial charge on any atom is -0.339 e. The fraction of sp³-hybridized carbons (Fsp3) is 0.357. The van der Waals surface area contributed by atoms with Crippen molar-refractivity contribution in [3.63, 3.8) is 0 Å². The minimum atomic E-state index is 0.199. The monoisotopic (exact) mass is 354 g/mol. The zero-order valence-electron chi connectivity index (χ0n) is 10.6. The molecule has 0 N–H and O–H groups in total. The lowest BCUT2D eigenvalue weighted by Gasteiger charge is -2.16. The molecule has 3 rings (SSSR count). The lowest BCUT2D eigenvalue weighted by atomic mass is 9.88. The zero-order chi connectivity index (χ0) is 14.1. The van der Waals surface area contributed by atoms with Crippen LogP contribution in [0, 0.1) is 0 Å². The van der Waals surface area contributed by atoms with E-state index in [9.17, 15) is 4.79 Å². The molecule has 0 saturated heterocycles. The van der Waals surface area contributed by atoms with Crippen molar-refractivity contribution in [2.75, 3.05) is 0 Å². The van der Waals surface area contributed by atoms with Gasteiger partial charge in [0, 0.05) is 28.8 Å². The molecule has 1 heterocycles. The van der Waals surface area contributed by atoms with Gasteiger partial charge < -0.3 is 4.52 Å². The van der Waals surface area contributed by atoms with Crippen LogP contribution in [0.3, 0.4) is 0 Å². The Labute approximate surface area is 129 Å². The van der Waals surface area contributed by atoms with Gasteiger partial charge in [-0.25, -0.2) is 0 Å². The number of halogens is 2. The van der Waals surface area contributed by atoms with Gasteiger partial charge >= 0.3 is 0 Å². The lowest BCUT2D eigenvalue weighted by molar-refractivity contribution is -0.120. The van der Waals surface area contributed by atoms with Crippen molar-refractivity contribution >= 4 is 33.3 Å². The molecular weight excluding hydrogens is 344 g/mol. The molecule has 0 aliphatic heterocycles. The normalized spacial score (nSPS) is 16.6. The Bertz CT molecular complexity index is 646. The molecule has 1 saturated carbocycles. The topological polar surface area (TPSA) is 56.0 Å². The van der Waals surface area contributed by atoms with E-state index in [0.717, 1.165) is 22.9 Å². The van der Waals surface area contributed by atoms with Crippen molar-refractivity contribution < 1.29 is 9.32 Å². The van der Waals surface area contributed by atoms with Crippen LogP contribution in [0.15, 0.2) is 27.2 Å². The number of benzene rings is 1. The van der Waals surface area contributed by atoms with Crippen LogP contribution in [-0.2, 0) is 4.79 Å². The first-order chi connectivity index (χ1) is 9.63. The average Bonchev–Trinajstić information content (AvgIpc) is 2.92. The Morgan fingerprint density at radius 2 is 2.05 bits per heavy atom. The van der Waals surface area contributed by atoms with E-state index in [0.29, 0.717) is 35.4 Å². The molecule has 0 unspecified atom stereocenters. The van der Waals surface area contributed by atoms with Crippen molar-refractivity contribution in [2.45, 2.75) is 31.6 Å². The summed E-state index contributed by atoms with van der Waals surface area (Å²) in [5, 5.41) is 4.66. The van der Waals surface area contributed by atoms with E-state index < -0.39 is 0 Å².